The average molecular weight is 623 g/mol. The van der Waals surface area contributed by atoms with Crippen molar-refractivity contribution in [3.05, 3.63) is 0 Å². The maximum absolute atomic E-state index is 6.18. The zero-order chi connectivity index (χ0) is 29.9. The lowest BCUT2D eigenvalue weighted by atomic mass is 10.1. The number of hydrogen-bond acceptors (Lipinski definition) is 5. The van der Waals surface area contributed by atoms with E-state index in [0.717, 1.165) is 38.5 Å². The lowest BCUT2D eigenvalue weighted by Gasteiger charge is -2.22. The molecule has 0 bridgehead atoms. The van der Waals surface area contributed by atoms with E-state index < -0.39 is 17.2 Å². The van der Waals surface area contributed by atoms with Crippen LogP contribution in [0.2, 0.25) is 0 Å². The van der Waals surface area contributed by atoms with E-state index in [4.69, 9.17) is 22.4 Å². The fraction of sp³-hybridized carbons (Fsp3) is 1.00. The third kappa shape index (κ3) is 33.4. The monoisotopic (exact) mass is 622 g/mol. The molecule has 0 rings (SSSR count). The Hall–Kier alpha value is 0.660. The normalized spacial score (nSPS) is 11.9. The molecule has 248 valence electrons. The summed E-state index contributed by atoms with van der Waals surface area (Å²) >= 11 is 0. The van der Waals surface area contributed by atoms with Crippen molar-refractivity contribution >= 4 is 17.2 Å². The minimum atomic E-state index is -1.44. The summed E-state index contributed by atoms with van der Waals surface area (Å²) in [5.74, 6) is 0. The van der Waals surface area contributed by atoms with Crippen molar-refractivity contribution < 1.29 is 22.4 Å². The molecule has 0 unspecified atom stereocenters. The second kappa shape index (κ2) is 36.8. The molecule has 7 heteroatoms. The molecule has 0 aromatic carbocycles. The van der Waals surface area contributed by atoms with Crippen molar-refractivity contribution in [3.8, 4) is 0 Å². The van der Waals surface area contributed by atoms with Gasteiger partial charge in [-0.05, 0) is 25.7 Å². The van der Waals surface area contributed by atoms with Gasteiger partial charge in [-0.1, -0.05) is 169 Å². The average Bonchev–Trinajstić information content (AvgIpc) is 2.98. The molecule has 0 aliphatic heterocycles. The van der Waals surface area contributed by atoms with Crippen LogP contribution in [0.4, 0.5) is 0 Å². The molecule has 0 aromatic heterocycles. The van der Waals surface area contributed by atoms with Crippen LogP contribution in [-0.2, 0) is 22.4 Å². The Morgan fingerprint density at radius 1 is 0.268 bits per heavy atom. The van der Waals surface area contributed by atoms with Crippen molar-refractivity contribution in [2.45, 2.75) is 195 Å². The lowest BCUT2D eigenvalue weighted by Crippen LogP contribution is -2.01. The Labute approximate surface area is 260 Å². The number of hydrogen-bond donors (Lipinski definition) is 0. The molecule has 0 saturated heterocycles. The van der Waals surface area contributed by atoms with E-state index in [-0.39, 0.29) is 0 Å². The van der Waals surface area contributed by atoms with Crippen LogP contribution in [-0.4, -0.2) is 26.4 Å². The molecule has 0 aliphatic carbocycles. The van der Waals surface area contributed by atoms with Crippen LogP contribution in [0.15, 0.2) is 0 Å². The zero-order valence-corrected chi connectivity index (χ0v) is 29.9. The first kappa shape index (κ1) is 41.7. The molecule has 41 heavy (non-hydrogen) atoms. The standard InChI is InChI=1S/C34H72O5P2/c1-5-9-13-15-17-19-21-23-25-27-29-33-37-41(39-40(35-31-11-7-3)36-32-12-8-4)38-34-30-28-26-24-22-20-18-16-14-10-6-2/h5-34H2,1-4H3. The van der Waals surface area contributed by atoms with Crippen molar-refractivity contribution in [1.82, 2.24) is 0 Å². The van der Waals surface area contributed by atoms with Gasteiger partial charge in [0.1, 0.15) is 0 Å². The van der Waals surface area contributed by atoms with Gasteiger partial charge in [0.05, 0.1) is 26.4 Å². The fourth-order valence-corrected chi connectivity index (χ4v) is 7.05. The minimum Gasteiger partial charge on any atom is -0.312 e. The van der Waals surface area contributed by atoms with Gasteiger partial charge in [0.15, 0.2) is 0 Å². The quantitative estimate of drug-likeness (QED) is 0.0514. The molecule has 0 heterocycles. The predicted molar refractivity (Wildman–Crippen MR) is 181 cm³/mol. The van der Waals surface area contributed by atoms with Crippen LogP contribution in [0.1, 0.15) is 195 Å². The molecule has 0 radical (unpaired) electrons. The minimum absolute atomic E-state index is 0.661. The summed E-state index contributed by atoms with van der Waals surface area (Å²) in [6.07, 6.45) is 33.5. The van der Waals surface area contributed by atoms with E-state index >= 15 is 0 Å². The lowest BCUT2D eigenvalue weighted by molar-refractivity contribution is 0.161. The Morgan fingerprint density at radius 3 is 0.756 bits per heavy atom. The molecule has 0 aliphatic rings. The van der Waals surface area contributed by atoms with Crippen LogP contribution >= 0.6 is 17.2 Å². The topological polar surface area (TPSA) is 46.2 Å². The van der Waals surface area contributed by atoms with Crippen molar-refractivity contribution in [3.63, 3.8) is 0 Å². The largest absolute Gasteiger partial charge is 0.339 e. The SMILES string of the molecule is CCCCCCCCCCCCCOP(OCCCCCCCCCCCCC)OP(OCCCC)OCCCC. The molecule has 0 N–H and O–H groups in total. The maximum Gasteiger partial charge on any atom is 0.339 e. The number of unbranched alkanes of at least 4 members (excludes halogenated alkanes) is 22. The fourth-order valence-electron chi connectivity index (χ4n) is 4.60. The molecule has 0 spiro atoms. The summed E-state index contributed by atoms with van der Waals surface area (Å²) in [6.45, 7) is 11.6. The first-order chi connectivity index (χ1) is 20.3. The van der Waals surface area contributed by atoms with E-state index in [0.29, 0.717) is 26.4 Å². The van der Waals surface area contributed by atoms with Crippen molar-refractivity contribution in [2.75, 3.05) is 26.4 Å². The van der Waals surface area contributed by atoms with Crippen LogP contribution in [0.5, 0.6) is 0 Å². The molecule has 0 aromatic rings. The van der Waals surface area contributed by atoms with Crippen LogP contribution < -0.4 is 0 Å². The Balaban J connectivity index is 4.25. The molecule has 0 atom stereocenters. The predicted octanol–water partition coefficient (Wildman–Crippen LogP) is 13.7. The van der Waals surface area contributed by atoms with Gasteiger partial charge in [0, 0.05) is 0 Å². The highest BCUT2D eigenvalue weighted by Crippen LogP contribution is 2.56. The zero-order valence-electron chi connectivity index (χ0n) is 28.1. The van der Waals surface area contributed by atoms with E-state index in [1.807, 2.05) is 0 Å². The van der Waals surface area contributed by atoms with Crippen LogP contribution in [0.25, 0.3) is 0 Å². The Bertz CT molecular complexity index is 434. The molecule has 0 fully saturated rings. The van der Waals surface area contributed by atoms with Crippen molar-refractivity contribution in [1.29, 1.82) is 0 Å². The van der Waals surface area contributed by atoms with Gasteiger partial charge in [-0.15, -0.1) is 0 Å². The van der Waals surface area contributed by atoms with Crippen molar-refractivity contribution in [2.24, 2.45) is 0 Å². The number of rotatable bonds is 36. The summed E-state index contributed by atoms with van der Waals surface area (Å²) in [5, 5.41) is 0. The van der Waals surface area contributed by atoms with E-state index in [1.165, 1.54) is 128 Å². The van der Waals surface area contributed by atoms with Crippen LogP contribution in [0, 0.1) is 0 Å². The summed E-state index contributed by atoms with van der Waals surface area (Å²) in [7, 11) is -2.86. The molecular weight excluding hydrogens is 550 g/mol. The van der Waals surface area contributed by atoms with Gasteiger partial charge in [-0.3, -0.25) is 0 Å². The molecule has 0 amide bonds. The second-order valence-corrected chi connectivity index (χ2v) is 14.2. The first-order valence-electron chi connectivity index (χ1n) is 18.1. The summed E-state index contributed by atoms with van der Waals surface area (Å²) in [6, 6.07) is 0. The molecule has 0 saturated carbocycles. The maximum atomic E-state index is 6.18. The summed E-state index contributed by atoms with van der Waals surface area (Å²) < 4.78 is 30.4. The Kier molecular flexibility index (Phi) is 37.4. The smallest absolute Gasteiger partial charge is 0.312 e. The van der Waals surface area contributed by atoms with Gasteiger partial charge < -0.3 is 18.1 Å². The van der Waals surface area contributed by atoms with E-state index in [9.17, 15) is 0 Å². The summed E-state index contributed by atoms with van der Waals surface area (Å²) in [4.78, 5) is 0. The third-order valence-electron chi connectivity index (χ3n) is 7.41. The van der Waals surface area contributed by atoms with E-state index in [1.54, 1.807) is 0 Å². The van der Waals surface area contributed by atoms with Gasteiger partial charge in [-0.2, -0.15) is 0 Å². The molecule has 5 nitrogen and oxygen atoms in total. The van der Waals surface area contributed by atoms with Gasteiger partial charge >= 0.3 is 17.2 Å². The summed E-state index contributed by atoms with van der Waals surface area (Å²) in [5.41, 5.74) is 0. The van der Waals surface area contributed by atoms with Gasteiger partial charge in [-0.25, -0.2) is 4.31 Å². The third-order valence-corrected chi connectivity index (χ3v) is 10.1. The Morgan fingerprint density at radius 2 is 0.488 bits per heavy atom. The van der Waals surface area contributed by atoms with Crippen LogP contribution in [0.3, 0.4) is 0 Å². The highest BCUT2D eigenvalue weighted by Gasteiger charge is 2.23. The van der Waals surface area contributed by atoms with E-state index in [2.05, 4.69) is 27.7 Å². The van der Waals surface area contributed by atoms with Gasteiger partial charge in [0.2, 0.25) is 0 Å². The molecular formula is C34H72O5P2. The second-order valence-electron chi connectivity index (χ2n) is 11.6. The highest BCUT2D eigenvalue weighted by atomic mass is 31.2. The first-order valence-corrected chi connectivity index (χ1v) is 20.3. The van der Waals surface area contributed by atoms with Gasteiger partial charge in [0.25, 0.3) is 0 Å². The highest BCUT2D eigenvalue weighted by molar-refractivity contribution is 7.55.